The maximum absolute atomic E-state index is 13.5. The predicted molar refractivity (Wildman–Crippen MR) is 108 cm³/mol. The molecule has 0 aliphatic carbocycles. The molecule has 4 rings (SSSR count). The van der Waals surface area contributed by atoms with Crippen LogP contribution in [0.25, 0.3) is 11.0 Å². The van der Waals surface area contributed by atoms with Crippen LogP contribution in [-0.4, -0.2) is 25.0 Å². The average Bonchev–Trinajstić information content (AvgIpc) is 3.03. The van der Waals surface area contributed by atoms with Crippen molar-refractivity contribution in [3.8, 4) is 5.75 Å². The summed E-state index contributed by atoms with van der Waals surface area (Å²) < 4.78 is 24.6. The molecule has 0 spiro atoms. The number of ether oxygens (including phenoxy) is 1. The molecule has 1 aromatic heterocycles. The Morgan fingerprint density at radius 2 is 2.07 bits per heavy atom. The van der Waals surface area contributed by atoms with Crippen molar-refractivity contribution in [3.63, 3.8) is 0 Å². The van der Waals surface area contributed by atoms with Gasteiger partial charge in [0.1, 0.15) is 17.1 Å². The number of benzene rings is 2. The molecule has 0 unspecified atom stereocenters. The van der Waals surface area contributed by atoms with Gasteiger partial charge < -0.3 is 19.4 Å². The number of hydrogen-bond donors (Lipinski definition) is 1. The molecule has 2 heterocycles. The molecule has 150 valence electrons. The van der Waals surface area contributed by atoms with Gasteiger partial charge in [-0.3, -0.25) is 9.59 Å². The molecule has 3 aromatic rings. The second-order valence-corrected chi connectivity index (χ2v) is 7.02. The lowest BCUT2D eigenvalue weighted by atomic mass is 10.1. The quantitative estimate of drug-likeness (QED) is 0.681. The van der Waals surface area contributed by atoms with E-state index in [1.165, 1.54) is 18.2 Å². The molecular formula is C22H21FN2O4. The third kappa shape index (κ3) is 3.55. The van der Waals surface area contributed by atoms with Gasteiger partial charge in [-0.2, -0.15) is 0 Å². The molecule has 29 heavy (non-hydrogen) atoms. The van der Waals surface area contributed by atoms with Crippen LogP contribution in [0.4, 0.5) is 15.8 Å². The van der Waals surface area contributed by atoms with Crippen molar-refractivity contribution >= 4 is 34.2 Å². The zero-order chi connectivity index (χ0) is 20.5. The zero-order valence-corrected chi connectivity index (χ0v) is 16.3. The summed E-state index contributed by atoms with van der Waals surface area (Å²) in [5.41, 5.74) is 2.16. The van der Waals surface area contributed by atoms with Gasteiger partial charge >= 0.3 is 0 Å². The van der Waals surface area contributed by atoms with Crippen molar-refractivity contribution in [1.82, 2.24) is 0 Å². The van der Waals surface area contributed by atoms with Gasteiger partial charge in [-0.1, -0.05) is 13.3 Å². The van der Waals surface area contributed by atoms with Crippen molar-refractivity contribution < 1.29 is 23.1 Å². The summed E-state index contributed by atoms with van der Waals surface area (Å²) in [6.07, 6.45) is 1.83. The Morgan fingerprint density at radius 1 is 1.24 bits per heavy atom. The Labute approximate surface area is 167 Å². The van der Waals surface area contributed by atoms with Gasteiger partial charge in [-0.25, -0.2) is 4.39 Å². The second-order valence-electron chi connectivity index (χ2n) is 7.02. The first kappa shape index (κ1) is 19.0. The summed E-state index contributed by atoms with van der Waals surface area (Å²) in [6, 6.07) is 9.30. The van der Waals surface area contributed by atoms with Crippen molar-refractivity contribution in [2.45, 2.75) is 26.7 Å². The van der Waals surface area contributed by atoms with E-state index in [0.29, 0.717) is 40.2 Å². The van der Waals surface area contributed by atoms with E-state index >= 15 is 0 Å². The van der Waals surface area contributed by atoms with E-state index in [-0.39, 0.29) is 24.1 Å². The minimum Gasteiger partial charge on any atom is -0.482 e. The number of unbranched alkanes of at least 4 members (excludes halogenated alkanes) is 1. The van der Waals surface area contributed by atoms with Crippen molar-refractivity contribution in [2.24, 2.45) is 0 Å². The maximum atomic E-state index is 13.5. The summed E-state index contributed by atoms with van der Waals surface area (Å²) in [5, 5.41) is 3.36. The number of nitrogens with zero attached hydrogens (tertiary/aromatic N) is 1. The van der Waals surface area contributed by atoms with Crippen LogP contribution in [0.1, 0.15) is 35.9 Å². The molecule has 0 radical (unpaired) electrons. The van der Waals surface area contributed by atoms with Crippen LogP contribution in [0.5, 0.6) is 5.75 Å². The predicted octanol–water partition coefficient (Wildman–Crippen LogP) is 4.66. The highest BCUT2D eigenvalue weighted by Crippen LogP contribution is 2.35. The van der Waals surface area contributed by atoms with Crippen LogP contribution < -0.4 is 15.0 Å². The Hall–Kier alpha value is -3.35. The fourth-order valence-electron chi connectivity index (χ4n) is 3.44. The van der Waals surface area contributed by atoms with Crippen LogP contribution in [0.3, 0.4) is 0 Å². The highest BCUT2D eigenvalue weighted by molar-refractivity contribution is 6.07. The summed E-state index contributed by atoms with van der Waals surface area (Å²) >= 11 is 0. The SMILES string of the molecule is CCCCN1C(=O)COc2ccc(NC(=O)c3oc4ccc(F)cc4c3C)cc21. The fraction of sp³-hybridized carbons (Fsp3) is 0.273. The van der Waals surface area contributed by atoms with Gasteiger partial charge in [0.2, 0.25) is 0 Å². The number of nitrogens with one attached hydrogen (secondary N) is 1. The standard InChI is InChI=1S/C22H21FN2O4/c1-3-4-9-25-17-11-15(6-8-19(17)28-12-20(25)26)24-22(27)21-13(2)16-10-14(23)5-7-18(16)29-21/h5-8,10-11H,3-4,9,12H2,1-2H3,(H,24,27). The molecule has 2 amide bonds. The Morgan fingerprint density at radius 3 is 2.86 bits per heavy atom. The van der Waals surface area contributed by atoms with E-state index in [2.05, 4.69) is 12.2 Å². The molecule has 0 fully saturated rings. The Kier molecular flexibility index (Phi) is 4.96. The lowest BCUT2D eigenvalue weighted by molar-refractivity contribution is -0.121. The summed E-state index contributed by atoms with van der Waals surface area (Å²) in [7, 11) is 0. The van der Waals surface area contributed by atoms with E-state index in [0.717, 1.165) is 12.8 Å². The third-order valence-electron chi connectivity index (χ3n) is 5.00. The topological polar surface area (TPSA) is 71.8 Å². The van der Waals surface area contributed by atoms with Gasteiger partial charge in [0.05, 0.1) is 5.69 Å². The molecule has 7 heteroatoms. The number of halogens is 1. The van der Waals surface area contributed by atoms with Crippen LogP contribution in [-0.2, 0) is 4.79 Å². The number of aryl methyl sites for hydroxylation is 1. The number of carbonyl (C=O) groups excluding carboxylic acids is 2. The molecule has 1 N–H and O–H groups in total. The van der Waals surface area contributed by atoms with Gasteiger partial charge in [-0.05, 0) is 49.7 Å². The van der Waals surface area contributed by atoms with Crippen LogP contribution in [0.2, 0.25) is 0 Å². The first-order valence-electron chi connectivity index (χ1n) is 9.55. The van der Waals surface area contributed by atoms with E-state index in [4.69, 9.17) is 9.15 Å². The van der Waals surface area contributed by atoms with Crippen LogP contribution in [0.15, 0.2) is 40.8 Å². The Balaban J connectivity index is 1.62. The van der Waals surface area contributed by atoms with E-state index in [1.54, 1.807) is 30.0 Å². The molecule has 0 saturated carbocycles. The molecule has 6 nitrogen and oxygen atoms in total. The normalized spacial score (nSPS) is 13.3. The Bertz CT molecular complexity index is 1110. The lowest BCUT2D eigenvalue weighted by Crippen LogP contribution is -2.39. The number of amides is 2. The first-order chi connectivity index (χ1) is 14.0. The molecule has 0 bridgehead atoms. The van der Waals surface area contributed by atoms with E-state index in [9.17, 15) is 14.0 Å². The lowest BCUT2D eigenvalue weighted by Gasteiger charge is -2.29. The van der Waals surface area contributed by atoms with Gasteiger partial charge in [0, 0.05) is 23.2 Å². The summed E-state index contributed by atoms with van der Waals surface area (Å²) in [5.74, 6) is -0.209. The van der Waals surface area contributed by atoms with Gasteiger partial charge in [0.15, 0.2) is 12.4 Å². The van der Waals surface area contributed by atoms with Crippen LogP contribution >= 0.6 is 0 Å². The largest absolute Gasteiger partial charge is 0.482 e. The molecule has 0 saturated heterocycles. The number of rotatable bonds is 5. The highest BCUT2D eigenvalue weighted by atomic mass is 19.1. The minimum absolute atomic E-state index is 0.0111. The molecular weight excluding hydrogens is 375 g/mol. The average molecular weight is 396 g/mol. The summed E-state index contributed by atoms with van der Waals surface area (Å²) in [6.45, 7) is 4.38. The van der Waals surface area contributed by atoms with E-state index < -0.39 is 5.91 Å². The molecule has 0 atom stereocenters. The smallest absolute Gasteiger partial charge is 0.291 e. The number of carbonyl (C=O) groups is 2. The van der Waals surface area contributed by atoms with Gasteiger partial charge in [0.25, 0.3) is 11.8 Å². The zero-order valence-electron chi connectivity index (χ0n) is 16.3. The summed E-state index contributed by atoms with van der Waals surface area (Å²) in [4.78, 5) is 26.7. The van der Waals surface area contributed by atoms with Crippen molar-refractivity contribution in [3.05, 3.63) is 53.5 Å². The molecule has 2 aromatic carbocycles. The highest BCUT2D eigenvalue weighted by Gasteiger charge is 2.26. The van der Waals surface area contributed by atoms with Gasteiger partial charge in [-0.15, -0.1) is 0 Å². The monoisotopic (exact) mass is 396 g/mol. The first-order valence-corrected chi connectivity index (χ1v) is 9.55. The van der Waals surface area contributed by atoms with E-state index in [1.807, 2.05) is 0 Å². The number of fused-ring (bicyclic) bond motifs is 2. The molecule has 1 aliphatic rings. The number of furan rings is 1. The molecule has 1 aliphatic heterocycles. The maximum Gasteiger partial charge on any atom is 0.291 e. The van der Waals surface area contributed by atoms with Crippen molar-refractivity contribution in [1.29, 1.82) is 0 Å². The second kappa shape index (κ2) is 7.58. The number of anilines is 2. The fourth-order valence-corrected chi connectivity index (χ4v) is 3.44. The number of hydrogen-bond acceptors (Lipinski definition) is 4. The van der Waals surface area contributed by atoms with Crippen molar-refractivity contribution in [2.75, 3.05) is 23.4 Å². The minimum atomic E-state index is -0.442. The third-order valence-corrected chi connectivity index (χ3v) is 5.00. The van der Waals surface area contributed by atoms with Crippen LogP contribution in [0, 0.1) is 12.7 Å².